The van der Waals surface area contributed by atoms with Gasteiger partial charge in [-0.3, -0.25) is 0 Å². The van der Waals surface area contributed by atoms with E-state index in [2.05, 4.69) is 297 Å². The zero-order chi connectivity index (χ0) is 59.9. The van der Waals surface area contributed by atoms with Gasteiger partial charge in [-0.15, -0.1) is 0 Å². The fourth-order valence-corrected chi connectivity index (χ4v) is 15.4. The lowest BCUT2D eigenvalue weighted by molar-refractivity contribution is 0.660. The van der Waals surface area contributed by atoms with E-state index < -0.39 is 10.8 Å². The Kier molecular flexibility index (Phi) is 9.93. The molecule has 13 aromatic carbocycles. The van der Waals surface area contributed by atoms with Crippen molar-refractivity contribution in [2.24, 2.45) is 0 Å². The van der Waals surface area contributed by atoms with Crippen LogP contribution in [0.3, 0.4) is 0 Å². The Labute approximate surface area is 502 Å². The van der Waals surface area contributed by atoms with Gasteiger partial charge in [-0.2, -0.15) is 0 Å². The number of anilines is 3. The number of fused-ring (bicyclic) bond motifs is 12. The molecule has 3 aliphatic carbocycles. The summed E-state index contributed by atoms with van der Waals surface area (Å²) >= 11 is 0. The lowest BCUT2D eigenvalue weighted by Crippen LogP contribution is -2.28. The van der Waals surface area contributed by atoms with Gasteiger partial charge in [0.15, 0.2) is 0 Å². The second-order valence-electron chi connectivity index (χ2n) is 23.6. The molecule has 3 aliphatic rings. The zero-order valence-corrected chi connectivity index (χ0v) is 47.1. The fraction of sp³-hybridized carbons (Fsp3) is 0.0602. The molecule has 1 aromatic heterocycles. The molecule has 0 aliphatic heterocycles. The molecule has 0 saturated heterocycles. The SMILES string of the molecule is [2H]c1c([2H])c(N(c2ccc3c(c2)C(C)(C)c2ccccc2-3)c2ccc3c(c2)C(c2ccccc2)(c2ccccc2)c2ccccc2-3)c([2H])c([2H])c1-c1ccc2c(c1)c1cc(C3(c4ccccc4)c4ccccc4-c4ccccc43)ccc1n2-c1ccccc1. The number of nitrogens with zero attached hydrogens (tertiary/aromatic N) is 2. The predicted molar refractivity (Wildman–Crippen MR) is 353 cm³/mol. The minimum Gasteiger partial charge on any atom is -0.310 e. The molecule has 400 valence electrons. The van der Waals surface area contributed by atoms with Crippen LogP contribution in [0, 0.1) is 0 Å². The van der Waals surface area contributed by atoms with Crippen LogP contribution in [0.1, 0.15) is 75.0 Å². The lowest BCUT2D eigenvalue weighted by Gasteiger charge is -2.35. The van der Waals surface area contributed by atoms with Crippen LogP contribution in [0.5, 0.6) is 0 Å². The van der Waals surface area contributed by atoms with Gasteiger partial charge in [0.25, 0.3) is 0 Å². The minimum absolute atomic E-state index is 0.120. The minimum atomic E-state index is -0.729. The number of hydrogen-bond acceptors (Lipinski definition) is 1. The van der Waals surface area contributed by atoms with Gasteiger partial charge in [0, 0.05) is 38.9 Å². The summed E-state index contributed by atoms with van der Waals surface area (Å²) in [5, 5.41) is 1.95. The van der Waals surface area contributed by atoms with E-state index in [0.717, 1.165) is 83.4 Å². The van der Waals surface area contributed by atoms with Crippen molar-refractivity contribution in [2.75, 3.05) is 4.90 Å². The van der Waals surface area contributed by atoms with Crippen LogP contribution in [0.2, 0.25) is 0 Å². The van der Waals surface area contributed by atoms with Gasteiger partial charge >= 0.3 is 0 Å². The molecule has 0 unspecified atom stereocenters. The Balaban J connectivity index is 0.892. The first-order valence-electron chi connectivity index (χ1n) is 31.5. The van der Waals surface area contributed by atoms with Crippen molar-refractivity contribution in [1.82, 2.24) is 4.57 Å². The normalized spacial score (nSPS) is 14.9. The molecule has 0 bridgehead atoms. The van der Waals surface area contributed by atoms with Crippen LogP contribution < -0.4 is 4.90 Å². The second-order valence-corrected chi connectivity index (χ2v) is 23.6. The van der Waals surface area contributed by atoms with Gasteiger partial charge in [0.2, 0.25) is 0 Å². The molecule has 2 heteroatoms. The average molecular weight is 1090 g/mol. The van der Waals surface area contributed by atoms with Crippen molar-refractivity contribution in [3.63, 3.8) is 0 Å². The monoisotopic (exact) mass is 1090 g/mol. The third kappa shape index (κ3) is 7.00. The van der Waals surface area contributed by atoms with E-state index in [4.69, 9.17) is 0 Å². The van der Waals surface area contributed by atoms with Gasteiger partial charge in [0.1, 0.15) is 0 Å². The molecule has 17 rings (SSSR count). The van der Waals surface area contributed by atoms with Crippen molar-refractivity contribution < 1.29 is 5.48 Å². The van der Waals surface area contributed by atoms with Crippen LogP contribution >= 0.6 is 0 Å². The highest BCUT2D eigenvalue weighted by Crippen LogP contribution is 2.59. The van der Waals surface area contributed by atoms with E-state index in [9.17, 15) is 5.48 Å². The van der Waals surface area contributed by atoms with Crippen molar-refractivity contribution >= 4 is 38.9 Å². The van der Waals surface area contributed by atoms with E-state index in [1.807, 2.05) is 17.0 Å². The molecule has 0 radical (unpaired) electrons. The van der Waals surface area contributed by atoms with Crippen LogP contribution in [0.4, 0.5) is 17.1 Å². The molecule has 0 spiro atoms. The van der Waals surface area contributed by atoms with Crippen LogP contribution in [0.15, 0.2) is 315 Å². The molecule has 1 heterocycles. The Bertz CT molecular complexity index is 5110. The molecular weight excluding hydrogens is 1020 g/mol. The van der Waals surface area contributed by atoms with Gasteiger partial charge < -0.3 is 9.47 Å². The van der Waals surface area contributed by atoms with Crippen molar-refractivity contribution in [1.29, 1.82) is 0 Å². The first-order valence-corrected chi connectivity index (χ1v) is 29.5. The fourth-order valence-electron chi connectivity index (χ4n) is 15.4. The molecule has 0 atom stereocenters. The maximum Gasteiger partial charge on any atom is 0.0714 e. The first kappa shape index (κ1) is 45.0. The summed E-state index contributed by atoms with van der Waals surface area (Å²) < 4.78 is 43.7. The van der Waals surface area contributed by atoms with Gasteiger partial charge in [0.05, 0.1) is 27.3 Å². The highest BCUT2D eigenvalue weighted by Gasteiger charge is 2.48. The summed E-state index contributed by atoms with van der Waals surface area (Å²) in [5.41, 5.74) is 22.3. The molecule has 0 amide bonds. The maximum absolute atomic E-state index is 10.4. The summed E-state index contributed by atoms with van der Waals surface area (Å²) in [6.07, 6.45) is 0. The van der Waals surface area contributed by atoms with E-state index in [0.29, 0.717) is 5.56 Å². The molecule has 2 nitrogen and oxygen atoms in total. The van der Waals surface area contributed by atoms with Crippen LogP contribution in [-0.2, 0) is 16.2 Å². The van der Waals surface area contributed by atoms with Crippen LogP contribution in [0.25, 0.3) is 72.0 Å². The first-order chi connectivity index (χ1) is 43.6. The average Bonchev–Trinajstić information content (AvgIpc) is 1.63. The van der Waals surface area contributed by atoms with Crippen molar-refractivity contribution in [3.8, 4) is 50.2 Å². The van der Waals surface area contributed by atoms with E-state index in [-0.39, 0.29) is 40.8 Å². The number of rotatable bonds is 9. The molecule has 0 N–H and O–H groups in total. The highest BCUT2D eigenvalue weighted by molar-refractivity contribution is 6.11. The van der Waals surface area contributed by atoms with E-state index in [1.54, 1.807) is 0 Å². The summed E-state index contributed by atoms with van der Waals surface area (Å²) in [7, 11) is 0. The third-order valence-corrected chi connectivity index (χ3v) is 19.0. The summed E-state index contributed by atoms with van der Waals surface area (Å²) in [6, 6.07) is 103. The van der Waals surface area contributed by atoms with Crippen molar-refractivity contribution in [2.45, 2.75) is 30.1 Å². The predicted octanol–water partition coefficient (Wildman–Crippen LogP) is 21.0. The summed E-state index contributed by atoms with van der Waals surface area (Å²) in [6.45, 7) is 4.53. The largest absolute Gasteiger partial charge is 0.310 e. The Morgan fingerprint density at radius 3 is 1.22 bits per heavy atom. The van der Waals surface area contributed by atoms with E-state index >= 15 is 0 Å². The van der Waals surface area contributed by atoms with Gasteiger partial charge in [-0.25, -0.2) is 0 Å². The maximum atomic E-state index is 10.4. The molecular formula is C83H58N2. The number of hydrogen-bond donors (Lipinski definition) is 0. The van der Waals surface area contributed by atoms with Crippen LogP contribution in [-0.4, -0.2) is 4.57 Å². The van der Waals surface area contributed by atoms with Gasteiger partial charge in [-0.1, -0.05) is 256 Å². The third-order valence-electron chi connectivity index (χ3n) is 19.0. The number of benzene rings is 13. The van der Waals surface area contributed by atoms with E-state index in [1.165, 1.54) is 44.5 Å². The Morgan fingerprint density at radius 1 is 0.294 bits per heavy atom. The molecule has 85 heavy (non-hydrogen) atoms. The van der Waals surface area contributed by atoms with Crippen molar-refractivity contribution in [3.05, 3.63) is 371 Å². The molecule has 14 aromatic rings. The Hall–Kier alpha value is -10.5. The molecule has 0 saturated carbocycles. The molecule has 0 fully saturated rings. The second kappa shape index (κ2) is 18.7. The summed E-state index contributed by atoms with van der Waals surface area (Å²) in [4.78, 5) is 1.99. The highest BCUT2D eigenvalue weighted by atomic mass is 15.1. The smallest absolute Gasteiger partial charge is 0.0714 e. The topological polar surface area (TPSA) is 8.17 Å². The number of aromatic nitrogens is 1. The quantitative estimate of drug-likeness (QED) is 0.140. The number of para-hydroxylation sites is 1. The lowest BCUT2D eigenvalue weighted by atomic mass is 9.67. The zero-order valence-electron chi connectivity index (χ0n) is 51.1. The van der Waals surface area contributed by atoms with Gasteiger partial charge in [-0.05, 0) is 173 Å². The Morgan fingerprint density at radius 2 is 0.694 bits per heavy atom. The standard InChI is InChI=1S/C83H58N2/c1-81(2)73-35-19-15-31-65(73)69-47-45-63(53-77(69)81)84(64-46-48-70-68-34-18-20-36-74(68)82(78(70)54-64,57-23-7-3-8-24-57)58-25-9-4-10-26-58)62-43-39-55(40-44-62)56-41-49-79-71(51-56)72-52-60(42-50-80(72)85(79)61-29-13-6-14-30-61)83(59-27-11-5-12-28-59)75-37-21-16-32-66(75)67-33-17-22-38-76(67)83/h3-54H,1-2H3/i39D,40D,43D,44D. The summed E-state index contributed by atoms with van der Waals surface area (Å²) in [5.74, 6) is 0.